The molecule has 0 spiro atoms. The summed E-state index contributed by atoms with van der Waals surface area (Å²) >= 11 is 0. The third-order valence-electron chi connectivity index (χ3n) is 4.61. The van der Waals surface area contributed by atoms with Gasteiger partial charge in [-0.1, -0.05) is 24.3 Å². The normalized spacial score (nSPS) is 21.0. The highest BCUT2D eigenvalue weighted by Gasteiger charge is 2.65. The molecule has 26 heavy (non-hydrogen) atoms. The van der Waals surface area contributed by atoms with Crippen LogP contribution in [0.15, 0.2) is 48.5 Å². The predicted octanol–water partition coefficient (Wildman–Crippen LogP) is 2.34. The zero-order valence-corrected chi connectivity index (χ0v) is 14.1. The van der Waals surface area contributed by atoms with Crippen LogP contribution in [0.5, 0.6) is 5.75 Å². The van der Waals surface area contributed by atoms with Gasteiger partial charge < -0.3 is 9.47 Å². The van der Waals surface area contributed by atoms with E-state index < -0.39 is 23.2 Å². The highest BCUT2D eigenvalue weighted by atomic mass is 19.1. The summed E-state index contributed by atoms with van der Waals surface area (Å²) in [6, 6.07) is 12.8. The molecule has 0 heterocycles. The van der Waals surface area contributed by atoms with E-state index >= 15 is 0 Å². The molecule has 0 aliphatic heterocycles. The molecule has 2 N–H and O–H groups in total. The van der Waals surface area contributed by atoms with Crippen LogP contribution in [0.2, 0.25) is 0 Å². The van der Waals surface area contributed by atoms with E-state index in [9.17, 15) is 14.0 Å². The minimum Gasteiger partial charge on any atom is -0.489 e. The Kier molecular flexibility index (Phi) is 4.90. The molecular weight excluding hydrogens is 341 g/mol. The maximum absolute atomic E-state index is 12.9. The Morgan fingerprint density at radius 1 is 1.27 bits per heavy atom. The third kappa shape index (κ3) is 3.25. The van der Waals surface area contributed by atoms with Crippen LogP contribution in [0.4, 0.5) is 4.39 Å². The van der Waals surface area contributed by atoms with Crippen molar-refractivity contribution in [2.75, 3.05) is 7.11 Å². The first kappa shape index (κ1) is 17.9. The van der Waals surface area contributed by atoms with Crippen LogP contribution in [0.25, 0.3) is 0 Å². The van der Waals surface area contributed by atoms with Crippen LogP contribution in [-0.4, -0.2) is 24.2 Å². The van der Waals surface area contributed by atoms with Crippen LogP contribution < -0.4 is 10.2 Å². The van der Waals surface area contributed by atoms with Gasteiger partial charge in [0, 0.05) is 0 Å². The van der Waals surface area contributed by atoms with E-state index in [0.717, 1.165) is 5.56 Å². The summed E-state index contributed by atoms with van der Waals surface area (Å²) in [7, 11) is 1.26. The predicted molar refractivity (Wildman–Crippen MR) is 88.9 cm³/mol. The van der Waals surface area contributed by atoms with Crippen LogP contribution in [-0.2, 0) is 26.3 Å². The zero-order chi connectivity index (χ0) is 18.7. The topological polar surface area (TPSA) is 84.9 Å². The number of rotatable bonds is 6. The van der Waals surface area contributed by atoms with Crippen molar-refractivity contribution in [3.8, 4) is 5.75 Å². The SMILES string of the molecule is COC(=O)[C@]1(c2cccc(OCc3ccc(F)cc3)c2)C[C@H]1C(=O)NO. The molecular formula is C19H18FNO5. The molecule has 7 heteroatoms. The maximum atomic E-state index is 12.9. The molecule has 3 rings (SSSR count). The molecule has 136 valence electrons. The van der Waals surface area contributed by atoms with E-state index in [4.69, 9.17) is 14.7 Å². The number of hydroxylamine groups is 1. The summed E-state index contributed by atoms with van der Waals surface area (Å²) in [5.41, 5.74) is 1.83. The number of esters is 1. The summed E-state index contributed by atoms with van der Waals surface area (Å²) in [6.45, 7) is 0.232. The molecule has 0 bridgehead atoms. The molecule has 6 nitrogen and oxygen atoms in total. The van der Waals surface area contributed by atoms with E-state index in [0.29, 0.717) is 11.3 Å². The first-order valence-electron chi connectivity index (χ1n) is 8.01. The first-order chi connectivity index (χ1) is 12.5. The van der Waals surface area contributed by atoms with Gasteiger partial charge in [0.25, 0.3) is 0 Å². The average molecular weight is 359 g/mol. The zero-order valence-electron chi connectivity index (χ0n) is 14.1. The second-order valence-electron chi connectivity index (χ2n) is 6.14. The number of hydrogen-bond acceptors (Lipinski definition) is 5. The van der Waals surface area contributed by atoms with Gasteiger partial charge in [0.05, 0.1) is 13.0 Å². The van der Waals surface area contributed by atoms with Crippen molar-refractivity contribution in [2.24, 2.45) is 5.92 Å². The number of hydrogen-bond donors (Lipinski definition) is 2. The molecule has 0 aromatic heterocycles. The number of carbonyl (C=O) groups is 2. The highest BCUT2D eigenvalue weighted by molar-refractivity contribution is 5.97. The van der Waals surface area contributed by atoms with Crippen molar-refractivity contribution >= 4 is 11.9 Å². The molecule has 0 unspecified atom stereocenters. The quantitative estimate of drug-likeness (QED) is 0.470. The number of amides is 1. The Morgan fingerprint density at radius 2 is 2.00 bits per heavy atom. The van der Waals surface area contributed by atoms with Gasteiger partial charge in [-0.05, 0) is 41.8 Å². The van der Waals surface area contributed by atoms with E-state index in [1.807, 2.05) is 0 Å². The second-order valence-corrected chi connectivity index (χ2v) is 6.14. The number of benzene rings is 2. The lowest BCUT2D eigenvalue weighted by Gasteiger charge is -2.16. The molecule has 2 aromatic carbocycles. The smallest absolute Gasteiger partial charge is 0.317 e. The number of carbonyl (C=O) groups excluding carboxylic acids is 2. The van der Waals surface area contributed by atoms with Crippen molar-refractivity contribution in [2.45, 2.75) is 18.4 Å². The number of halogens is 1. The van der Waals surface area contributed by atoms with Crippen LogP contribution in [0, 0.1) is 11.7 Å². The molecule has 1 fully saturated rings. The lowest BCUT2D eigenvalue weighted by molar-refractivity contribution is -0.146. The Morgan fingerprint density at radius 3 is 2.65 bits per heavy atom. The van der Waals surface area contributed by atoms with E-state index in [2.05, 4.69) is 0 Å². The maximum Gasteiger partial charge on any atom is 0.317 e. The lowest BCUT2D eigenvalue weighted by Crippen LogP contribution is -2.31. The van der Waals surface area contributed by atoms with Crippen molar-refractivity contribution in [3.05, 3.63) is 65.5 Å². The van der Waals surface area contributed by atoms with Crippen molar-refractivity contribution in [3.63, 3.8) is 0 Å². The largest absolute Gasteiger partial charge is 0.489 e. The van der Waals surface area contributed by atoms with Gasteiger partial charge in [0.15, 0.2) is 0 Å². The van der Waals surface area contributed by atoms with E-state index in [1.54, 1.807) is 41.9 Å². The lowest BCUT2D eigenvalue weighted by atomic mass is 9.92. The summed E-state index contributed by atoms with van der Waals surface area (Å²) < 4.78 is 23.5. The van der Waals surface area contributed by atoms with Crippen LogP contribution >= 0.6 is 0 Å². The Labute approximate surface area is 149 Å². The fourth-order valence-electron chi connectivity index (χ4n) is 3.11. The Balaban J connectivity index is 1.80. The first-order valence-corrected chi connectivity index (χ1v) is 8.01. The Bertz CT molecular complexity index is 823. The number of methoxy groups -OCH3 is 1. The van der Waals surface area contributed by atoms with Crippen molar-refractivity contribution < 1.29 is 28.7 Å². The average Bonchev–Trinajstić information content (AvgIpc) is 3.43. The molecule has 2 atom stereocenters. The van der Waals surface area contributed by atoms with Crippen molar-refractivity contribution in [1.29, 1.82) is 0 Å². The summed E-state index contributed by atoms with van der Waals surface area (Å²) in [5.74, 6) is -1.69. The molecule has 1 amide bonds. The number of ether oxygens (including phenoxy) is 2. The minimum atomic E-state index is -1.13. The summed E-state index contributed by atoms with van der Waals surface area (Å²) in [5, 5.41) is 8.86. The molecule has 0 saturated heterocycles. The van der Waals surface area contributed by atoms with Gasteiger partial charge in [0.2, 0.25) is 5.91 Å². The van der Waals surface area contributed by atoms with Crippen LogP contribution in [0.3, 0.4) is 0 Å². The second kappa shape index (κ2) is 7.13. The molecule has 1 aliphatic rings. The van der Waals surface area contributed by atoms with Crippen molar-refractivity contribution in [1.82, 2.24) is 5.48 Å². The van der Waals surface area contributed by atoms with Gasteiger partial charge >= 0.3 is 5.97 Å². The monoisotopic (exact) mass is 359 g/mol. The standard InChI is InChI=1S/C19H18FNO5/c1-25-18(23)19(10-16(19)17(22)21-24)13-3-2-4-15(9-13)26-11-12-5-7-14(20)8-6-12/h2-9,16,24H,10-11H2,1H3,(H,21,22)/t16-,19-/m0/s1. The molecule has 1 aliphatic carbocycles. The van der Waals surface area contributed by atoms with Gasteiger partial charge in [-0.3, -0.25) is 14.8 Å². The summed E-state index contributed by atoms with van der Waals surface area (Å²) in [4.78, 5) is 24.1. The highest BCUT2D eigenvalue weighted by Crippen LogP contribution is 2.55. The minimum absolute atomic E-state index is 0.232. The van der Waals surface area contributed by atoms with Crippen LogP contribution in [0.1, 0.15) is 17.5 Å². The third-order valence-corrected chi connectivity index (χ3v) is 4.61. The molecule has 1 saturated carbocycles. The molecule has 0 radical (unpaired) electrons. The van der Waals surface area contributed by atoms with Gasteiger partial charge in [-0.25, -0.2) is 9.87 Å². The Hall–Kier alpha value is -2.93. The summed E-state index contributed by atoms with van der Waals surface area (Å²) in [6.07, 6.45) is 0.244. The molecule has 2 aromatic rings. The van der Waals surface area contributed by atoms with E-state index in [-0.39, 0.29) is 18.8 Å². The van der Waals surface area contributed by atoms with Gasteiger partial charge in [-0.2, -0.15) is 0 Å². The van der Waals surface area contributed by atoms with E-state index in [1.165, 1.54) is 19.2 Å². The fraction of sp³-hybridized carbons (Fsp3) is 0.263. The number of nitrogens with one attached hydrogen (secondary N) is 1. The van der Waals surface area contributed by atoms with Gasteiger partial charge in [0.1, 0.15) is 23.6 Å². The fourth-order valence-corrected chi connectivity index (χ4v) is 3.11. The van der Waals surface area contributed by atoms with Gasteiger partial charge in [-0.15, -0.1) is 0 Å².